The van der Waals surface area contributed by atoms with Gasteiger partial charge in [0.05, 0.1) is 0 Å². The van der Waals surface area contributed by atoms with Gasteiger partial charge in [-0.3, -0.25) is 4.79 Å². The van der Waals surface area contributed by atoms with E-state index in [0.29, 0.717) is 11.9 Å². The number of aliphatic carboxylic acids is 1. The second-order valence-corrected chi connectivity index (χ2v) is 4.55. The van der Waals surface area contributed by atoms with E-state index < -0.39 is 5.97 Å². The molecule has 0 aromatic carbocycles. The standard InChI is InChI=1S/C12H17N3O2/c1-15(8-11(16)17)12-13-6-10(7-14-12)9-4-2-3-5-9/h6-7,9H,2-5,8H2,1H3,(H,16,17). The highest BCUT2D eigenvalue weighted by Gasteiger charge is 2.18. The molecule has 1 aromatic heterocycles. The van der Waals surface area contributed by atoms with Crippen molar-refractivity contribution in [1.29, 1.82) is 0 Å². The molecule has 0 atom stereocenters. The molecule has 1 heterocycles. The Hall–Kier alpha value is -1.65. The molecule has 5 nitrogen and oxygen atoms in total. The summed E-state index contributed by atoms with van der Waals surface area (Å²) in [6.07, 6.45) is 8.66. The van der Waals surface area contributed by atoms with Gasteiger partial charge in [-0.1, -0.05) is 12.8 Å². The van der Waals surface area contributed by atoms with Crippen molar-refractivity contribution in [3.8, 4) is 0 Å². The van der Waals surface area contributed by atoms with Crippen LogP contribution in [0.2, 0.25) is 0 Å². The molecule has 0 unspecified atom stereocenters. The fraction of sp³-hybridized carbons (Fsp3) is 0.583. The molecule has 92 valence electrons. The Kier molecular flexibility index (Phi) is 3.56. The first kappa shape index (κ1) is 11.8. The highest BCUT2D eigenvalue weighted by atomic mass is 16.4. The van der Waals surface area contributed by atoms with E-state index >= 15 is 0 Å². The Morgan fingerprint density at radius 3 is 2.53 bits per heavy atom. The van der Waals surface area contributed by atoms with Gasteiger partial charge < -0.3 is 10.0 Å². The van der Waals surface area contributed by atoms with Crippen molar-refractivity contribution in [2.45, 2.75) is 31.6 Å². The minimum absolute atomic E-state index is 0.0806. The SMILES string of the molecule is CN(CC(=O)O)c1ncc(C2CCCC2)cn1. The fourth-order valence-electron chi connectivity index (χ4n) is 2.27. The van der Waals surface area contributed by atoms with Crippen molar-refractivity contribution < 1.29 is 9.90 Å². The smallest absolute Gasteiger partial charge is 0.323 e. The van der Waals surface area contributed by atoms with Gasteiger partial charge >= 0.3 is 5.97 Å². The lowest BCUT2D eigenvalue weighted by atomic mass is 10.0. The van der Waals surface area contributed by atoms with Crippen LogP contribution < -0.4 is 4.90 Å². The molecule has 17 heavy (non-hydrogen) atoms. The molecular formula is C12H17N3O2. The quantitative estimate of drug-likeness (QED) is 0.859. The summed E-state index contributed by atoms with van der Waals surface area (Å²) in [5.41, 5.74) is 1.18. The number of hydrogen-bond acceptors (Lipinski definition) is 4. The zero-order valence-electron chi connectivity index (χ0n) is 9.96. The van der Waals surface area contributed by atoms with Crippen LogP contribution in [0.3, 0.4) is 0 Å². The number of aromatic nitrogens is 2. The Labute approximate surface area is 100 Å². The number of anilines is 1. The zero-order chi connectivity index (χ0) is 12.3. The van der Waals surface area contributed by atoms with Crippen molar-refractivity contribution in [1.82, 2.24) is 9.97 Å². The second kappa shape index (κ2) is 5.12. The fourth-order valence-corrected chi connectivity index (χ4v) is 2.27. The van der Waals surface area contributed by atoms with Gasteiger partial charge in [0, 0.05) is 19.4 Å². The minimum Gasteiger partial charge on any atom is -0.480 e. The normalized spacial score (nSPS) is 16.1. The summed E-state index contributed by atoms with van der Waals surface area (Å²) < 4.78 is 0. The number of carboxylic acids is 1. The number of rotatable bonds is 4. The largest absolute Gasteiger partial charge is 0.480 e. The van der Waals surface area contributed by atoms with Crippen LogP contribution in [0.5, 0.6) is 0 Å². The number of likely N-dealkylation sites (N-methyl/N-ethyl adjacent to an activating group) is 1. The number of nitrogens with zero attached hydrogens (tertiary/aromatic N) is 3. The first-order valence-electron chi connectivity index (χ1n) is 5.91. The number of hydrogen-bond donors (Lipinski definition) is 1. The van der Waals surface area contributed by atoms with Gasteiger partial charge in [0.15, 0.2) is 0 Å². The van der Waals surface area contributed by atoms with E-state index in [9.17, 15) is 4.79 Å². The van der Waals surface area contributed by atoms with Crippen LogP contribution in [0.25, 0.3) is 0 Å². The molecular weight excluding hydrogens is 218 g/mol. The maximum atomic E-state index is 10.6. The lowest BCUT2D eigenvalue weighted by molar-refractivity contribution is -0.135. The Bertz CT molecular complexity index is 385. The summed E-state index contributed by atoms with van der Waals surface area (Å²) in [5, 5.41) is 8.68. The molecule has 1 aromatic rings. The van der Waals surface area contributed by atoms with Crippen LogP contribution in [0.15, 0.2) is 12.4 Å². The van der Waals surface area contributed by atoms with Gasteiger partial charge in [0.2, 0.25) is 5.95 Å². The van der Waals surface area contributed by atoms with Gasteiger partial charge in [-0.05, 0) is 24.3 Å². The van der Waals surface area contributed by atoms with Crippen LogP contribution >= 0.6 is 0 Å². The van der Waals surface area contributed by atoms with E-state index in [2.05, 4.69) is 9.97 Å². The van der Waals surface area contributed by atoms with E-state index in [0.717, 1.165) is 0 Å². The summed E-state index contributed by atoms with van der Waals surface area (Å²) in [7, 11) is 1.68. The van der Waals surface area contributed by atoms with E-state index in [1.807, 2.05) is 12.4 Å². The molecule has 5 heteroatoms. The van der Waals surface area contributed by atoms with Crippen molar-refractivity contribution >= 4 is 11.9 Å². The van der Waals surface area contributed by atoms with E-state index in [-0.39, 0.29) is 6.54 Å². The van der Waals surface area contributed by atoms with Gasteiger partial charge in [0.25, 0.3) is 0 Å². The Morgan fingerprint density at radius 2 is 2.00 bits per heavy atom. The monoisotopic (exact) mass is 235 g/mol. The molecule has 0 amide bonds. The van der Waals surface area contributed by atoms with Gasteiger partial charge in [-0.25, -0.2) is 9.97 Å². The maximum absolute atomic E-state index is 10.6. The summed E-state index contributed by atoms with van der Waals surface area (Å²) >= 11 is 0. The first-order chi connectivity index (χ1) is 8.16. The molecule has 1 saturated carbocycles. The van der Waals surface area contributed by atoms with E-state index in [1.54, 1.807) is 7.05 Å². The summed E-state index contributed by atoms with van der Waals surface area (Å²) in [6.45, 7) is -0.0806. The zero-order valence-corrected chi connectivity index (χ0v) is 9.96. The van der Waals surface area contributed by atoms with E-state index in [4.69, 9.17) is 5.11 Å². The van der Waals surface area contributed by atoms with Crippen LogP contribution in [0.4, 0.5) is 5.95 Å². The topological polar surface area (TPSA) is 66.3 Å². The average molecular weight is 235 g/mol. The third kappa shape index (κ3) is 2.93. The molecule has 0 saturated heterocycles. The summed E-state index contributed by atoms with van der Waals surface area (Å²) in [5.74, 6) is 0.180. The molecule has 1 aliphatic carbocycles. The van der Waals surface area contributed by atoms with Crippen molar-refractivity contribution in [3.63, 3.8) is 0 Å². The molecule has 1 fully saturated rings. The average Bonchev–Trinajstić information content (AvgIpc) is 2.82. The lowest BCUT2D eigenvalue weighted by Crippen LogP contribution is -2.26. The van der Waals surface area contributed by atoms with Gasteiger partial charge in [-0.2, -0.15) is 0 Å². The first-order valence-corrected chi connectivity index (χ1v) is 5.91. The second-order valence-electron chi connectivity index (χ2n) is 4.55. The number of carboxylic acid groups (broad SMARTS) is 1. The van der Waals surface area contributed by atoms with Crippen molar-refractivity contribution in [3.05, 3.63) is 18.0 Å². The maximum Gasteiger partial charge on any atom is 0.323 e. The lowest BCUT2D eigenvalue weighted by Gasteiger charge is -2.15. The van der Waals surface area contributed by atoms with Crippen LogP contribution in [0, 0.1) is 0 Å². The predicted molar refractivity (Wildman–Crippen MR) is 64.1 cm³/mol. The third-order valence-corrected chi connectivity index (χ3v) is 3.20. The van der Waals surface area contributed by atoms with Gasteiger partial charge in [-0.15, -0.1) is 0 Å². The van der Waals surface area contributed by atoms with Crippen LogP contribution in [0.1, 0.15) is 37.2 Å². The van der Waals surface area contributed by atoms with Crippen molar-refractivity contribution in [2.75, 3.05) is 18.5 Å². The van der Waals surface area contributed by atoms with Crippen molar-refractivity contribution in [2.24, 2.45) is 0 Å². The molecule has 0 bridgehead atoms. The highest BCUT2D eigenvalue weighted by Crippen LogP contribution is 2.33. The highest BCUT2D eigenvalue weighted by molar-refractivity contribution is 5.72. The Morgan fingerprint density at radius 1 is 1.41 bits per heavy atom. The predicted octanol–water partition coefficient (Wildman–Crippen LogP) is 1.65. The van der Waals surface area contributed by atoms with Crippen LogP contribution in [-0.2, 0) is 4.79 Å². The molecule has 0 spiro atoms. The van der Waals surface area contributed by atoms with Gasteiger partial charge in [0.1, 0.15) is 6.54 Å². The minimum atomic E-state index is -0.879. The summed E-state index contributed by atoms with van der Waals surface area (Å²) in [6, 6.07) is 0. The number of carbonyl (C=O) groups is 1. The summed E-state index contributed by atoms with van der Waals surface area (Å²) in [4.78, 5) is 20.5. The van der Waals surface area contributed by atoms with E-state index in [1.165, 1.54) is 36.1 Å². The molecule has 0 aliphatic heterocycles. The van der Waals surface area contributed by atoms with Crippen LogP contribution in [-0.4, -0.2) is 34.6 Å². The molecule has 1 N–H and O–H groups in total. The third-order valence-electron chi connectivity index (χ3n) is 3.20. The Balaban J connectivity index is 2.04. The molecule has 0 radical (unpaired) electrons. The molecule has 2 rings (SSSR count). The molecule has 1 aliphatic rings.